The van der Waals surface area contributed by atoms with E-state index >= 15 is 0 Å². The molecule has 0 radical (unpaired) electrons. The molecule has 1 atom stereocenters. The minimum atomic E-state index is 0.221. The van der Waals surface area contributed by atoms with Crippen LogP contribution >= 0.6 is 0 Å². The van der Waals surface area contributed by atoms with Crippen molar-refractivity contribution in [2.75, 3.05) is 17.7 Å². The third kappa shape index (κ3) is 3.66. The van der Waals surface area contributed by atoms with Gasteiger partial charge in [-0.2, -0.15) is 5.10 Å². The highest BCUT2D eigenvalue weighted by Gasteiger charge is 2.09. The van der Waals surface area contributed by atoms with E-state index in [4.69, 9.17) is 10.5 Å². The van der Waals surface area contributed by atoms with E-state index < -0.39 is 0 Å². The third-order valence-electron chi connectivity index (χ3n) is 2.95. The van der Waals surface area contributed by atoms with Crippen LogP contribution in [0, 0.1) is 0 Å². The number of benzene rings is 1. The van der Waals surface area contributed by atoms with E-state index in [1.165, 1.54) is 0 Å². The first-order valence-electron chi connectivity index (χ1n) is 6.96. The number of nitrogens with two attached hydrogens (primary N) is 1. The Morgan fingerprint density at radius 2 is 2.25 bits per heavy atom. The molecule has 0 aliphatic rings. The minimum absolute atomic E-state index is 0.221. The molecule has 2 rings (SSSR count). The second kappa shape index (κ2) is 6.84. The molecule has 0 saturated carbocycles. The second-order valence-electron chi connectivity index (χ2n) is 4.84. The van der Waals surface area contributed by atoms with Crippen LogP contribution in [0.2, 0.25) is 0 Å². The van der Waals surface area contributed by atoms with E-state index in [-0.39, 0.29) is 6.04 Å². The Balaban J connectivity index is 2.01. The number of para-hydroxylation sites is 1. The first-order chi connectivity index (χ1) is 9.70. The van der Waals surface area contributed by atoms with Crippen molar-refractivity contribution < 1.29 is 4.74 Å². The standard InChI is InChI=1S/C15H22N4O/c1-3-10-20-14-7-4-6-13(15(14)16)18-12(2)11-19-9-5-8-17-19/h4-9,12,18H,3,10-11,16H2,1-2H3. The van der Waals surface area contributed by atoms with Gasteiger partial charge in [0.1, 0.15) is 5.75 Å². The van der Waals surface area contributed by atoms with E-state index in [1.54, 1.807) is 6.20 Å². The predicted molar refractivity (Wildman–Crippen MR) is 82.0 cm³/mol. The SMILES string of the molecule is CCCOc1cccc(NC(C)Cn2cccn2)c1N. The molecule has 2 aromatic rings. The molecule has 1 aromatic carbocycles. The molecule has 0 amide bonds. The van der Waals surface area contributed by atoms with Crippen LogP contribution < -0.4 is 15.8 Å². The Bertz CT molecular complexity index is 525. The molecule has 5 heteroatoms. The van der Waals surface area contributed by atoms with Crippen molar-refractivity contribution >= 4 is 11.4 Å². The van der Waals surface area contributed by atoms with E-state index in [9.17, 15) is 0 Å². The number of rotatable bonds is 7. The number of ether oxygens (including phenoxy) is 1. The molecule has 3 N–H and O–H groups in total. The van der Waals surface area contributed by atoms with Gasteiger partial charge in [0.25, 0.3) is 0 Å². The molecule has 5 nitrogen and oxygen atoms in total. The molecule has 20 heavy (non-hydrogen) atoms. The van der Waals surface area contributed by atoms with E-state index in [0.29, 0.717) is 12.3 Å². The van der Waals surface area contributed by atoms with E-state index in [1.807, 2.05) is 35.1 Å². The number of nitrogens with zero attached hydrogens (tertiary/aromatic N) is 2. The molecular formula is C15H22N4O. The van der Waals surface area contributed by atoms with E-state index in [0.717, 1.165) is 24.4 Å². The van der Waals surface area contributed by atoms with Crippen molar-refractivity contribution in [2.24, 2.45) is 0 Å². The van der Waals surface area contributed by atoms with Gasteiger partial charge in [-0.25, -0.2) is 0 Å². The van der Waals surface area contributed by atoms with Crippen LogP contribution in [0.15, 0.2) is 36.7 Å². The molecule has 0 aliphatic carbocycles. The maximum Gasteiger partial charge on any atom is 0.144 e. The third-order valence-corrected chi connectivity index (χ3v) is 2.95. The topological polar surface area (TPSA) is 65.1 Å². The number of nitrogen functional groups attached to an aromatic ring is 1. The van der Waals surface area contributed by atoms with Gasteiger partial charge in [-0.05, 0) is 31.5 Å². The van der Waals surface area contributed by atoms with Gasteiger partial charge in [-0.1, -0.05) is 13.0 Å². The molecule has 0 aliphatic heterocycles. The Labute approximate surface area is 119 Å². The highest BCUT2D eigenvalue weighted by Crippen LogP contribution is 2.29. The summed E-state index contributed by atoms with van der Waals surface area (Å²) in [5, 5.41) is 7.60. The Hall–Kier alpha value is -2.17. The molecule has 1 heterocycles. The quantitative estimate of drug-likeness (QED) is 0.762. The van der Waals surface area contributed by atoms with Crippen LogP contribution in [-0.2, 0) is 6.54 Å². The Kier molecular flexibility index (Phi) is 4.87. The summed E-state index contributed by atoms with van der Waals surface area (Å²) in [6.07, 6.45) is 4.69. The molecular weight excluding hydrogens is 252 g/mol. The smallest absolute Gasteiger partial charge is 0.144 e. The van der Waals surface area contributed by atoms with Crippen molar-refractivity contribution in [3.63, 3.8) is 0 Å². The number of hydrogen-bond donors (Lipinski definition) is 2. The number of nitrogens with one attached hydrogen (secondary N) is 1. The van der Waals surface area contributed by atoms with Gasteiger partial charge >= 0.3 is 0 Å². The van der Waals surface area contributed by atoms with Crippen molar-refractivity contribution in [3.8, 4) is 5.75 Å². The van der Waals surface area contributed by atoms with Crippen molar-refractivity contribution in [3.05, 3.63) is 36.7 Å². The summed E-state index contributed by atoms with van der Waals surface area (Å²) in [6.45, 7) is 5.63. The fourth-order valence-electron chi connectivity index (χ4n) is 2.01. The summed E-state index contributed by atoms with van der Waals surface area (Å²) in [5.41, 5.74) is 7.70. The van der Waals surface area contributed by atoms with Crippen molar-refractivity contribution in [2.45, 2.75) is 32.9 Å². The average Bonchev–Trinajstić information content (AvgIpc) is 2.92. The average molecular weight is 274 g/mol. The van der Waals surface area contributed by atoms with Crippen molar-refractivity contribution in [1.29, 1.82) is 0 Å². The molecule has 0 saturated heterocycles. The predicted octanol–water partition coefficient (Wildman–Crippen LogP) is 2.75. The van der Waals surface area contributed by atoms with Gasteiger partial charge in [-0.3, -0.25) is 4.68 Å². The molecule has 1 unspecified atom stereocenters. The van der Waals surface area contributed by atoms with Gasteiger partial charge in [0.15, 0.2) is 0 Å². The maximum atomic E-state index is 6.14. The number of aromatic nitrogens is 2. The minimum Gasteiger partial charge on any atom is -0.491 e. The first kappa shape index (κ1) is 14.2. The largest absolute Gasteiger partial charge is 0.491 e. The molecule has 108 valence electrons. The van der Waals surface area contributed by atoms with Gasteiger partial charge in [-0.15, -0.1) is 0 Å². The summed E-state index contributed by atoms with van der Waals surface area (Å²) in [6, 6.07) is 7.95. The van der Waals surface area contributed by atoms with Crippen LogP contribution in [-0.4, -0.2) is 22.4 Å². The summed E-state index contributed by atoms with van der Waals surface area (Å²) in [4.78, 5) is 0. The Morgan fingerprint density at radius 1 is 1.40 bits per heavy atom. The van der Waals surface area contributed by atoms with Gasteiger partial charge in [0, 0.05) is 18.4 Å². The van der Waals surface area contributed by atoms with Gasteiger partial charge in [0.05, 0.1) is 24.5 Å². The van der Waals surface area contributed by atoms with Crippen LogP contribution in [0.3, 0.4) is 0 Å². The summed E-state index contributed by atoms with van der Waals surface area (Å²) in [5.74, 6) is 0.739. The highest BCUT2D eigenvalue weighted by atomic mass is 16.5. The lowest BCUT2D eigenvalue weighted by molar-refractivity contribution is 0.319. The van der Waals surface area contributed by atoms with Gasteiger partial charge in [0.2, 0.25) is 0 Å². The number of hydrogen-bond acceptors (Lipinski definition) is 4. The second-order valence-corrected chi connectivity index (χ2v) is 4.84. The van der Waals surface area contributed by atoms with Crippen LogP contribution in [0.5, 0.6) is 5.75 Å². The molecule has 0 fully saturated rings. The van der Waals surface area contributed by atoms with E-state index in [2.05, 4.69) is 24.3 Å². The zero-order valence-corrected chi connectivity index (χ0v) is 12.0. The lowest BCUT2D eigenvalue weighted by Gasteiger charge is -2.18. The number of anilines is 2. The van der Waals surface area contributed by atoms with Crippen LogP contribution in [0.25, 0.3) is 0 Å². The fraction of sp³-hybridized carbons (Fsp3) is 0.400. The summed E-state index contributed by atoms with van der Waals surface area (Å²) >= 11 is 0. The monoisotopic (exact) mass is 274 g/mol. The van der Waals surface area contributed by atoms with Crippen LogP contribution in [0.4, 0.5) is 11.4 Å². The molecule has 0 bridgehead atoms. The highest BCUT2D eigenvalue weighted by molar-refractivity contribution is 5.73. The lowest BCUT2D eigenvalue weighted by Crippen LogP contribution is -2.22. The fourth-order valence-corrected chi connectivity index (χ4v) is 2.01. The first-order valence-corrected chi connectivity index (χ1v) is 6.96. The zero-order chi connectivity index (χ0) is 14.4. The summed E-state index contributed by atoms with van der Waals surface area (Å²) in [7, 11) is 0. The lowest BCUT2D eigenvalue weighted by atomic mass is 10.2. The molecule has 0 spiro atoms. The normalized spacial score (nSPS) is 12.1. The zero-order valence-electron chi connectivity index (χ0n) is 12.0. The van der Waals surface area contributed by atoms with Crippen LogP contribution in [0.1, 0.15) is 20.3 Å². The Morgan fingerprint density at radius 3 is 2.95 bits per heavy atom. The summed E-state index contributed by atoms with van der Waals surface area (Å²) < 4.78 is 7.53. The van der Waals surface area contributed by atoms with Crippen molar-refractivity contribution in [1.82, 2.24) is 9.78 Å². The molecule has 1 aromatic heterocycles. The maximum absolute atomic E-state index is 6.14. The van der Waals surface area contributed by atoms with Gasteiger partial charge < -0.3 is 15.8 Å².